The van der Waals surface area contributed by atoms with Gasteiger partial charge in [0.05, 0.1) is 0 Å². The van der Waals surface area contributed by atoms with E-state index in [2.05, 4.69) is 4.98 Å². The molecule has 1 aromatic rings. The summed E-state index contributed by atoms with van der Waals surface area (Å²) in [6.45, 7) is 6.05. The van der Waals surface area contributed by atoms with Crippen molar-refractivity contribution >= 4 is 5.78 Å². The van der Waals surface area contributed by atoms with E-state index >= 15 is 0 Å². The molecule has 0 aliphatic rings. The molecule has 3 nitrogen and oxygen atoms in total. The highest BCUT2D eigenvalue weighted by atomic mass is 16.5. The summed E-state index contributed by atoms with van der Waals surface area (Å²) in [4.78, 5) is 15.8. The van der Waals surface area contributed by atoms with Crippen LogP contribution < -0.4 is 0 Å². The van der Waals surface area contributed by atoms with Gasteiger partial charge in [-0.05, 0) is 38.5 Å². The predicted octanol–water partition coefficient (Wildman–Crippen LogP) is 2.01. The van der Waals surface area contributed by atoms with E-state index in [1.54, 1.807) is 26.2 Å². The van der Waals surface area contributed by atoms with Gasteiger partial charge in [-0.3, -0.25) is 9.78 Å². The average molecular weight is 207 g/mol. The molecule has 82 valence electrons. The third-order valence-corrected chi connectivity index (χ3v) is 2.29. The second kappa shape index (κ2) is 5.03. The molecule has 0 amide bonds. The second-order valence-corrected chi connectivity index (χ2v) is 3.90. The zero-order valence-corrected chi connectivity index (χ0v) is 9.49. The zero-order valence-electron chi connectivity index (χ0n) is 9.49. The van der Waals surface area contributed by atoms with Crippen LogP contribution in [-0.2, 0) is 16.0 Å². The molecule has 3 heteroatoms. The Morgan fingerprint density at radius 2 is 2.00 bits per heavy atom. The monoisotopic (exact) mass is 207 g/mol. The largest absolute Gasteiger partial charge is 0.368 e. The molecule has 0 bridgehead atoms. The van der Waals surface area contributed by atoms with E-state index in [0.717, 1.165) is 5.56 Å². The van der Waals surface area contributed by atoms with Crippen LogP contribution >= 0.6 is 0 Å². The van der Waals surface area contributed by atoms with Gasteiger partial charge in [-0.25, -0.2) is 0 Å². The first-order chi connectivity index (χ1) is 7.06. The summed E-state index contributed by atoms with van der Waals surface area (Å²) in [6.07, 6.45) is 3.78. The molecule has 0 unspecified atom stereocenters. The van der Waals surface area contributed by atoms with Gasteiger partial charge in [-0.1, -0.05) is 0 Å². The topological polar surface area (TPSA) is 39.2 Å². The first-order valence-electron chi connectivity index (χ1n) is 5.12. The summed E-state index contributed by atoms with van der Waals surface area (Å²) in [6, 6.07) is 3.69. The fourth-order valence-corrected chi connectivity index (χ4v) is 1.34. The van der Waals surface area contributed by atoms with Crippen LogP contribution in [0.5, 0.6) is 0 Å². The lowest BCUT2D eigenvalue weighted by Gasteiger charge is -2.22. The zero-order chi connectivity index (χ0) is 11.3. The molecule has 0 fully saturated rings. The summed E-state index contributed by atoms with van der Waals surface area (Å²) in [7, 11) is 0. The van der Waals surface area contributed by atoms with E-state index in [1.807, 2.05) is 19.1 Å². The molecule has 1 heterocycles. The molecule has 1 rings (SSSR count). The summed E-state index contributed by atoms with van der Waals surface area (Å²) < 4.78 is 5.40. The Balaban J connectivity index is 2.63. The van der Waals surface area contributed by atoms with Crippen molar-refractivity contribution in [2.75, 3.05) is 6.61 Å². The number of pyridine rings is 1. The quantitative estimate of drug-likeness (QED) is 0.741. The van der Waals surface area contributed by atoms with Gasteiger partial charge in [0.15, 0.2) is 5.78 Å². The van der Waals surface area contributed by atoms with Crippen molar-refractivity contribution in [1.29, 1.82) is 0 Å². The minimum absolute atomic E-state index is 0.0931. The smallest absolute Gasteiger partial charge is 0.168 e. The number of nitrogens with zero attached hydrogens (tertiary/aromatic N) is 1. The molecule has 0 saturated carbocycles. The van der Waals surface area contributed by atoms with Gasteiger partial charge >= 0.3 is 0 Å². The van der Waals surface area contributed by atoms with Gasteiger partial charge in [0, 0.05) is 25.4 Å². The van der Waals surface area contributed by atoms with Gasteiger partial charge in [0.1, 0.15) is 5.60 Å². The van der Waals surface area contributed by atoms with Gasteiger partial charge in [0.25, 0.3) is 0 Å². The summed E-state index contributed by atoms with van der Waals surface area (Å²) in [5.41, 5.74) is 0.278. The first-order valence-corrected chi connectivity index (χ1v) is 5.12. The Kier molecular flexibility index (Phi) is 3.97. The van der Waals surface area contributed by atoms with Gasteiger partial charge in [0.2, 0.25) is 0 Å². The third kappa shape index (κ3) is 3.44. The summed E-state index contributed by atoms with van der Waals surface area (Å²) in [5.74, 6) is 0.0931. The number of hydrogen-bond donors (Lipinski definition) is 0. The molecule has 15 heavy (non-hydrogen) atoms. The van der Waals surface area contributed by atoms with Crippen LogP contribution in [0.2, 0.25) is 0 Å². The lowest BCUT2D eigenvalue weighted by Crippen LogP contribution is -2.36. The Hall–Kier alpha value is -1.22. The van der Waals surface area contributed by atoms with Crippen molar-refractivity contribution < 1.29 is 9.53 Å². The van der Waals surface area contributed by atoms with Gasteiger partial charge < -0.3 is 4.74 Å². The molecule has 0 spiro atoms. The molecule has 0 aliphatic carbocycles. The highest BCUT2D eigenvalue weighted by Crippen LogP contribution is 2.13. The van der Waals surface area contributed by atoms with E-state index in [0.29, 0.717) is 13.0 Å². The van der Waals surface area contributed by atoms with Crippen molar-refractivity contribution in [3.63, 3.8) is 0 Å². The molecule has 0 aliphatic heterocycles. The third-order valence-electron chi connectivity index (χ3n) is 2.29. The number of carbonyl (C=O) groups excluding carboxylic acids is 1. The average Bonchev–Trinajstić information content (AvgIpc) is 2.19. The Bertz CT molecular complexity index is 320. The number of aromatic nitrogens is 1. The molecule has 0 N–H and O–H groups in total. The number of ketones is 1. The number of hydrogen-bond acceptors (Lipinski definition) is 3. The Morgan fingerprint density at radius 3 is 2.53 bits per heavy atom. The predicted molar refractivity (Wildman–Crippen MR) is 58.7 cm³/mol. The van der Waals surface area contributed by atoms with E-state index in [1.165, 1.54) is 0 Å². The molecule has 0 saturated heterocycles. The lowest BCUT2D eigenvalue weighted by atomic mass is 9.97. The molecule has 0 radical (unpaired) electrons. The van der Waals surface area contributed by atoms with Gasteiger partial charge in [-0.15, -0.1) is 0 Å². The fourth-order valence-electron chi connectivity index (χ4n) is 1.34. The Labute approximate surface area is 90.5 Å². The Morgan fingerprint density at radius 1 is 1.40 bits per heavy atom. The second-order valence-electron chi connectivity index (χ2n) is 3.90. The van der Waals surface area contributed by atoms with Crippen molar-refractivity contribution in [2.45, 2.75) is 32.8 Å². The molecule has 1 aromatic heterocycles. The standard InChI is InChI=1S/C12H17NO2/c1-4-15-12(2,3)11(14)9-10-5-7-13-8-6-10/h5-8H,4,9H2,1-3H3. The number of Topliss-reactive ketones (excluding diaryl/α,β-unsaturated/α-hetero) is 1. The molecule has 0 atom stereocenters. The maximum atomic E-state index is 11.9. The maximum Gasteiger partial charge on any atom is 0.168 e. The minimum atomic E-state index is -0.696. The summed E-state index contributed by atoms with van der Waals surface area (Å²) >= 11 is 0. The SMILES string of the molecule is CCOC(C)(C)C(=O)Cc1ccncc1. The van der Waals surface area contributed by atoms with Crippen LogP contribution in [-0.4, -0.2) is 23.0 Å². The normalized spacial score (nSPS) is 11.4. The van der Waals surface area contributed by atoms with E-state index in [-0.39, 0.29) is 5.78 Å². The van der Waals surface area contributed by atoms with Crippen LogP contribution in [0.4, 0.5) is 0 Å². The number of rotatable bonds is 5. The van der Waals surface area contributed by atoms with Crippen molar-refractivity contribution in [2.24, 2.45) is 0 Å². The van der Waals surface area contributed by atoms with Gasteiger partial charge in [-0.2, -0.15) is 0 Å². The summed E-state index contributed by atoms with van der Waals surface area (Å²) in [5, 5.41) is 0. The number of carbonyl (C=O) groups is 1. The first kappa shape index (κ1) is 11.9. The maximum absolute atomic E-state index is 11.9. The minimum Gasteiger partial charge on any atom is -0.368 e. The van der Waals surface area contributed by atoms with Crippen LogP contribution in [0.15, 0.2) is 24.5 Å². The van der Waals surface area contributed by atoms with Crippen molar-refractivity contribution in [1.82, 2.24) is 4.98 Å². The van der Waals surface area contributed by atoms with E-state index in [9.17, 15) is 4.79 Å². The lowest BCUT2D eigenvalue weighted by molar-refractivity contribution is -0.139. The van der Waals surface area contributed by atoms with Crippen LogP contribution in [0.3, 0.4) is 0 Å². The number of ether oxygens (including phenoxy) is 1. The van der Waals surface area contributed by atoms with Crippen LogP contribution in [0.1, 0.15) is 26.3 Å². The van der Waals surface area contributed by atoms with Crippen molar-refractivity contribution in [3.8, 4) is 0 Å². The molecular formula is C12H17NO2. The van der Waals surface area contributed by atoms with E-state index < -0.39 is 5.60 Å². The fraction of sp³-hybridized carbons (Fsp3) is 0.500. The molecular weight excluding hydrogens is 190 g/mol. The van der Waals surface area contributed by atoms with Crippen LogP contribution in [0.25, 0.3) is 0 Å². The van der Waals surface area contributed by atoms with Crippen LogP contribution in [0, 0.1) is 0 Å². The van der Waals surface area contributed by atoms with E-state index in [4.69, 9.17) is 4.74 Å². The highest BCUT2D eigenvalue weighted by Gasteiger charge is 2.27. The van der Waals surface area contributed by atoms with Crippen molar-refractivity contribution in [3.05, 3.63) is 30.1 Å². The highest BCUT2D eigenvalue weighted by molar-refractivity contribution is 5.88. The molecule has 0 aromatic carbocycles.